The highest BCUT2D eigenvalue weighted by molar-refractivity contribution is 6.02. The summed E-state index contributed by atoms with van der Waals surface area (Å²) >= 11 is 0. The Labute approximate surface area is 159 Å². The normalized spacial score (nSPS) is 11.1. The Hall–Kier alpha value is -3.61. The van der Waals surface area contributed by atoms with Crippen molar-refractivity contribution in [3.63, 3.8) is 0 Å². The van der Waals surface area contributed by atoms with Crippen LogP contribution in [0.1, 0.15) is 5.69 Å². The van der Waals surface area contributed by atoms with Gasteiger partial charge in [-0.05, 0) is 49.4 Å². The Morgan fingerprint density at radius 2 is 1.86 bits per heavy atom. The number of methoxy groups -OCH3 is 1. The Morgan fingerprint density at radius 3 is 2.54 bits per heavy atom. The number of benzene rings is 2. The first-order chi connectivity index (χ1) is 13.4. The Morgan fingerprint density at radius 1 is 1.14 bits per heavy atom. The van der Waals surface area contributed by atoms with Gasteiger partial charge in [0, 0.05) is 23.6 Å². The monoisotopic (exact) mass is 380 g/mol. The predicted octanol–water partition coefficient (Wildman–Crippen LogP) is 4.02. The van der Waals surface area contributed by atoms with Crippen LogP contribution < -0.4 is 10.3 Å². The van der Waals surface area contributed by atoms with Gasteiger partial charge in [0.2, 0.25) is 0 Å². The van der Waals surface area contributed by atoms with Gasteiger partial charge in [0.05, 0.1) is 12.7 Å². The molecule has 6 nitrogen and oxygen atoms in total. The van der Waals surface area contributed by atoms with E-state index >= 15 is 0 Å². The molecule has 0 aliphatic heterocycles. The van der Waals surface area contributed by atoms with Gasteiger partial charge in [0.15, 0.2) is 5.75 Å². The van der Waals surface area contributed by atoms with Crippen LogP contribution >= 0.6 is 0 Å². The summed E-state index contributed by atoms with van der Waals surface area (Å²) in [4.78, 5) is 12.8. The molecule has 0 bridgehead atoms. The van der Waals surface area contributed by atoms with Crippen molar-refractivity contribution in [2.45, 2.75) is 6.92 Å². The average molecular weight is 380 g/mol. The summed E-state index contributed by atoms with van der Waals surface area (Å²) in [7, 11) is 3.06. The van der Waals surface area contributed by atoms with Crippen LogP contribution in [0.2, 0.25) is 0 Å². The van der Waals surface area contributed by atoms with Crippen LogP contribution in [0.5, 0.6) is 11.5 Å². The molecule has 0 saturated carbocycles. The molecule has 0 aliphatic rings. The van der Waals surface area contributed by atoms with Crippen LogP contribution in [0.4, 0.5) is 4.39 Å². The fourth-order valence-corrected chi connectivity index (χ4v) is 3.25. The molecule has 0 spiro atoms. The van der Waals surface area contributed by atoms with Crippen molar-refractivity contribution >= 4 is 11.0 Å². The zero-order chi connectivity index (χ0) is 20.0. The van der Waals surface area contributed by atoms with Crippen LogP contribution in [0.25, 0.3) is 33.4 Å². The van der Waals surface area contributed by atoms with Crippen LogP contribution in [0.15, 0.2) is 51.7 Å². The number of hydrogen-bond donors (Lipinski definition) is 1. The van der Waals surface area contributed by atoms with E-state index in [1.54, 1.807) is 38.3 Å². The molecule has 0 aliphatic carbocycles. The Bertz CT molecular complexity index is 1260. The van der Waals surface area contributed by atoms with E-state index in [0.717, 1.165) is 4.68 Å². The molecule has 0 saturated heterocycles. The lowest BCUT2D eigenvalue weighted by Crippen LogP contribution is -2.22. The number of aryl methyl sites for hydroxylation is 2. The lowest BCUT2D eigenvalue weighted by molar-refractivity contribution is 0.415. The highest BCUT2D eigenvalue weighted by atomic mass is 19.1. The van der Waals surface area contributed by atoms with E-state index in [-0.39, 0.29) is 17.0 Å². The van der Waals surface area contributed by atoms with Crippen molar-refractivity contribution in [1.82, 2.24) is 9.78 Å². The molecule has 0 amide bonds. The second-order valence-electron chi connectivity index (χ2n) is 6.41. The average Bonchev–Trinajstić information content (AvgIpc) is 3.05. The number of nitrogens with zero attached hydrogens (tertiary/aromatic N) is 2. The van der Waals surface area contributed by atoms with E-state index in [2.05, 4.69) is 5.10 Å². The van der Waals surface area contributed by atoms with Gasteiger partial charge in [0.25, 0.3) is 5.56 Å². The molecule has 0 fully saturated rings. The number of rotatable bonds is 3. The molecule has 2 aromatic carbocycles. The van der Waals surface area contributed by atoms with Gasteiger partial charge < -0.3 is 14.3 Å². The van der Waals surface area contributed by atoms with E-state index < -0.39 is 11.4 Å². The lowest BCUT2D eigenvalue weighted by atomic mass is 9.98. The number of halogens is 1. The first-order valence-corrected chi connectivity index (χ1v) is 8.54. The minimum absolute atomic E-state index is 0.0187. The van der Waals surface area contributed by atoms with E-state index in [1.807, 2.05) is 0 Å². The molecule has 0 atom stereocenters. The lowest BCUT2D eigenvalue weighted by Gasteiger charge is -2.10. The minimum Gasteiger partial charge on any atom is -0.505 e. The number of aromatic nitrogens is 2. The molecule has 0 unspecified atom stereocenters. The van der Waals surface area contributed by atoms with Crippen molar-refractivity contribution in [2.24, 2.45) is 7.05 Å². The topological polar surface area (TPSA) is 77.5 Å². The van der Waals surface area contributed by atoms with Gasteiger partial charge in [0.1, 0.15) is 28.6 Å². The third-order valence-electron chi connectivity index (χ3n) is 4.64. The summed E-state index contributed by atoms with van der Waals surface area (Å²) in [6, 6.07) is 11.1. The van der Waals surface area contributed by atoms with Gasteiger partial charge in [-0.15, -0.1) is 0 Å². The quantitative estimate of drug-likeness (QED) is 0.581. The van der Waals surface area contributed by atoms with Crippen molar-refractivity contribution in [3.8, 4) is 33.9 Å². The van der Waals surface area contributed by atoms with E-state index in [4.69, 9.17) is 9.15 Å². The minimum atomic E-state index is -0.509. The first-order valence-electron chi connectivity index (χ1n) is 8.54. The molecule has 7 heteroatoms. The van der Waals surface area contributed by atoms with Gasteiger partial charge in [-0.1, -0.05) is 0 Å². The van der Waals surface area contributed by atoms with Gasteiger partial charge in [-0.2, -0.15) is 5.10 Å². The van der Waals surface area contributed by atoms with E-state index in [1.165, 1.54) is 25.2 Å². The van der Waals surface area contributed by atoms with Gasteiger partial charge in [-0.25, -0.2) is 9.07 Å². The molecule has 1 N–H and O–H groups in total. The fourth-order valence-electron chi connectivity index (χ4n) is 3.25. The summed E-state index contributed by atoms with van der Waals surface area (Å²) in [6.45, 7) is 1.59. The molecular weight excluding hydrogens is 363 g/mol. The molecular formula is C21H17FN2O4. The molecule has 2 aromatic heterocycles. The maximum absolute atomic E-state index is 14.0. The van der Waals surface area contributed by atoms with Crippen LogP contribution in [0, 0.1) is 12.7 Å². The SMILES string of the molecule is COc1ccc(-c2oc3ccc(F)cc3c2-c2c(O)c(C)nn(C)c2=O)cc1. The molecule has 2 heterocycles. The fraction of sp³-hybridized carbons (Fsp3) is 0.143. The highest BCUT2D eigenvalue weighted by Gasteiger charge is 2.25. The maximum Gasteiger partial charge on any atom is 0.278 e. The summed E-state index contributed by atoms with van der Waals surface area (Å²) in [6.07, 6.45) is 0. The number of aromatic hydroxyl groups is 1. The number of fused-ring (bicyclic) bond motifs is 1. The number of furan rings is 1. The van der Waals surface area contributed by atoms with Gasteiger partial charge in [-0.3, -0.25) is 4.79 Å². The van der Waals surface area contributed by atoms with Crippen LogP contribution in [-0.4, -0.2) is 22.0 Å². The van der Waals surface area contributed by atoms with Crippen molar-refractivity contribution in [2.75, 3.05) is 7.11 Å². The number of hydrogen-bond acceptors (Lipinski definition) is 5. The van der Waals surface area contributed by atoms with E-state index in [0.29, 0.717) is 33.6 Å². The first kappa shape index (κ1) is 17.8. The summed E-state index contributed by atoms with van der Waals surface area (Å²) in [5.41, 5.74) is 1.17. The highest BCUT2D eigenvalue weighted by Crippen LogP contribution is 2.43. The second kappa shape index (κ2) is 6.53. The molecule has 4 aromatic rings. The standard InChI is InChI=1S/C21H17FN2O4/c1-11-19(25)18(21(26)24(2)23-11)17-15-10-13(22)6-9-16(15)28-20(17)12-4-7-14(27-3)8-5-12/h4-10,25H,1-3H3. The maximum atomic E-state index is 14.0. The molecule has 0 radical (unpaired) electrons. The van der Waals surface area contributed by atoms with E-state index in [9.17, 15) is 14.3 Å². The van der Waals surface area contributed by atoms with Crippen molar-refractivity contribution in [1.29, 1.82) is 0 Å². The zero-order valence-corrected chi connectivity index (χ0v) is 15.5. The van der Waals surface area contributed by atoms with Crippen LogP contribution in [-0.2, 0) is 7.05 Å². The summed E-state index contributed by atoms with van der Waals surface area (Å²) in [5.74, 6) is 0.273. The smallest absolute Gasteiger partial charge is 0.278 e. The third kappa shape index (κ3) is 2.72. The molecule has 142 valence electrons. The van der Waals surface area contributed by atoms with Crippen molar-refractivity contribution in [3.05, 3.63) is 64.3 Å². The summed E-state index contributed by atoms with van der Waals surface area (Å²) in [5, 5.41) is 15.0. The third-order valence-corrected chi connectivity index (χ3v) is 4.64. The zero-order valence-electron chi connectivity index (χ0n) is 15.5. The van der Waals surface area contributed by atoms with Crippen molar-refractivity contribution < 1.29 is 18.7 Å². The summed E-state index contributed by atoms with van der Waals surface area (Å²) < 4.78 is 26.3. The molecule has 28 heavy (non-hydrogen) atoms. The predicted molar refractivity (Wildman–Crippen MR) is 103 cm³/mol. The Balaban J connectivity index is 2.13. The Kier molecular flexibility index (Phi) is 4.15. The second-order valence-corrected chi connectivity index (χ2v) is 6.41. The molecule has 4 rings (SSSR count). The number of ether oxygens (including phenoxy) is 1. The van der Waals surface area contributed by atoms with Gasteiger partial charge >= 0.3 is 0 Å². The van der Waals surface area contributed by atoms with Crippen LogP contribution in [0.3, 0.4) is 0 Å². The largest absolute Gasteiger partial charge is 0.505 e.